The molecule has 2 heterocycles. The number of nitrogens with one attached hydrogen (secondary N) is 1. The van der Waals surface area contributed by atoms with Crippen LogP contribution in [0.3, 0.4) is 0 Å². The van der Waals surface area contributed by atoms with Crippen LogP contribution in [0.5, 0.6) is 0 Å². The predicted molar refractivity (Wildman–Crippen MR) is 101 cm³/mol. The van der Waals surface area contributed by atoms with Gasteiger partial charge in [0.1, 0.15) is 29.4 Å². The molecule has 0 aliphatic heterocycles. The molecule has 2 aromatic heterocycles. The Bertz CT molecular complexity index is 1010. The first-order chi connectivity index (χ1) is 12.5. The summed E-state index contributed by atoms with van der Waals surface area (Å²) in [4.78, 5) is 26.9. The number of carbonyl (C=O) groups is 1. The lowest BCUT2D eigenvalue weighted by molar-refractivity contribution is -0.124. The molecule has 1 aromatic carbocycles. The third-order valence-electron chi connectivity index (χ3n) is 4.00. The Kier molecular flexibility index (Phi) is 4.67. The van der Waals surface area contributed by atoms with Gasteiger partial charge in [-0.3, -0.25) is 4.79 Å². The van der Waals surface area contributed by atoms with Gasteiger partial charge in [-0.1, -0.05) is 12.1 Å². The van der Waals surface area contributed by atoms with E-state index < -0.39 is 0 Å². The van der Waals surface area contributed by atoms with Gasteiger partial charge in [0.15, 0.2) is 0 Å². The van der Waals surface area contributed by atoms with Crippen molar-refractivity contribution in [3.8, 4) is 6.07 Å². The second-order valence-electron chi connectivity index (χ2n) is 5.96. The SMILES string of the molecule is CN(C)C(=O)/C(C#N)=C/c1ccc(N(C)c2ncnc3[nH]ccc23)cc1. The summed E-state index contributed by atoms with van der Waals surface area (Å²) in [5.74, 6) is 0.476. The van der Waals surface area contributed by atoms with Crippen LogP contribution >= 0.6 is 0 Å². The molecule has 1 N–H and O–H groups in total. The summed E-state index contributed by atoms with van der Waals surface area (Å²) < 4.78 is 0. The normalized spacial score (nSPS) is 11.2. The number of nitrogens with zero attached hydrogens (tertiary/aromatic N) is 5. The first-order valence-corrected chi connectivity index (χ1v) is 7.96. The van der Waals surface area contributed by atoms with Gasteiger partial charge in [-0.15, -0.1) is 0 Å². The van der Waals surface area contributed by atoms with Crippen molar-refractivity contribution in [2.24, 2.45) is 0 Å². The lowest BCUT2D eigenvalue weighted by Gasteiger charge is -2.19. The minimum Gasteiger partial charge on any atom is -0.346 e. The van der Waals surface area contributed by atoms with Crippen molar-refractivity contribution in [2.45, 2.75) is 0 Å². The summed E-state index contributed by atoms with van der Waals surface area (Å²) >= 11 is 0. The number of amides is 1. The summed E-state index contributed by atoms with van der Waals surface area (Å²) in [5.41, 5.74) is 2.59. The van der Waals surface area contributed by atoms with E-state index in [2.05, 4.69) is 15.0 Å². The summed E-state index contributed by atoms with van der Waals surface area (Å²) in [6.45, 7) is 0. The predicted octanol–water partition coefficient (Wildman–Crippen LogP) is 2.72. The number of fused-ring (bicyclic) bond motifs is 1. The largest absolute Gasteiger partial charge is 0.346 e. The van der Waals surface area contributed by atoms with Gasteiger partial charge >= 0.3 is 0 Å². The third kappa shape index (κ3) is 3.26. The standard InChI is InChI=1S/C19H18N6O/c1-24(2)19(26)14(11-20)10-13-4-6-15(7-5-13)25(3)18-16-8-9-21-17(16)22-12-23-18/h4-10,12H,1-3H3,(H,21,22,23)/b14-10+. The highest BCUT2D eigenvalue weighted by molar-refractivity contribution is 6.01. The highest BCUT2D eigenvalue weighted by Gasteiger charge is 2.13. The van der Waals surface area contributed by atoms with Crippen LogP contribution in [0.1, 0.15) is 5.56 Å². The highest BCUT2D eigenvalue weighted by Crippen LogP contribution is 2.27. The van der Waals surface area contributed by atoms with Crippen LogP contribution in [0.4, 0.5) is 11.5 Å². The van der Waals surface area contributed by atoms with E-state index in [0.717, 1.165) is 28.1 Å². The van der Waals surface area contributed by atoms with Gasteiger partial charge in [0.2, 0.25) is 0 Å². The van der Waals surface area contributed by atoms with Crippen LogP contribution in [0.15, 0.2) is 48.4 Å². The van der Waals surface area contributed by atoms with Crippen LogP contribution in [0.25, 0.3) is 17.1 Å². The number of aromatic amines is 1. The van der Waals surface area contributed by atoms with E-state index in [1.54, 1.807) is 20.2 Å². The fourth-order valence-corrected chi connectivity index (χ4v) is 2.59. The van der Waals surface area contributed by atoms with Crippen LogP contribution in [-0.4, -0.2) is 46.9 Å². The number of rotatable bonds is 4. The fourth-order valence-electron chi connectivity index (χ4n) is 2.59. The lowest BCUT2D eigenvalue weighted by atomic mass is 10.1. The molecule has 7 nitrogen and oxygen atoms in total. The Hall–Kier alpha value is -3.66. The van der Waals surface area contributed by atoms with Gasteiger partial charge < -0.3 is 14.8 Å². The third-order valence-corrected chi connectivity index (χ3v) is 4.00. The molecule has 26 heavy (non-hydrogen) atoms. The van der Waals surface area contributed by atoms with Crippen molar-refractivity contribution >= 4 is 34.5 Å². The first-order valence-electron chi connectivity index (χ1n) is 7.96. The molecule has 0 fully saturated rings. The molecule has 0 saturated carbocycles. The molecular formula is C19H18N6O. The maximum Gasteiger partial charge on any atom is 0.264 e. The van der Waals surface area contributed by atoms with E-state index in [1.165, 1.54) is 11.2 Å². The molecule has 3 aromatic rings. The number of likely N-dealkylation sites (N-methyl/N-ethyl adjacent to an activating group) is 1. The molecule has 0 bridgehead atoms. The van der Waals surface area contributed by atoms with Crippen LogP contribution in [0.2, 0.25) is 0 Å². The average molecular weight is 346 g/mol. The van der Waals surface area contributed by atoms with Crippen LogP contribution in [-0.2, 0) is 4.79 Å². The first kappa shape index (κ1) is 17.2. The maximum absolute atomic E-state index is 11.9. The number of nitriles is 1. The molecule has 0 saturated heterocycles. The average Bonchev–Trinajstić information content (AvgIpc) is 3.14. The van der Waals surface area contributed by atoms with E-state index in [1.807, 2.05) is 54.5 Å². The van der Waals surface area contributed by atoms with Crippen molar-refractivity contribution in [2.75, 3.05) is 26.0 Å². The van der Waals surface area contributed by atoms with Crippen molar-refractivity contribution in [1.82, 2.24) is 19.9 Å². The lowest BCUT2D eigenvalue weighted by Crippen LogP contribution is -2.22. The number of carbonyl (C=O) groups excluding carboxylic acids is 1. The van der Waals surface area contributed by atoms with Crippen molar-refractivity contribution < 1.29 is 4.79 Å². The Morgan fingerprint density at radius 1 is 1.15 bits per heavy atom. The van der Waals surface area contributed by atoms with E-state index in [0.29, 0.717) is 0 Å². The summed E-state index contributed by atoms with van der Waals surface area (Å²) in [5, 5.41) is 10.1. The Balaban J connectivity index is 1.89. The number of H-pyrrole nitrogens is 1. The molecule has 0 aliphatic carbocycles. The molecule has 0 spiro atoms. The molecule has 0 aliphatic rings. The van der Waals surface area contributed by atoms with Crippen molar-refractivity contribution in [3.63, 3.8) is 0 Å². The topological polar surface area (TPSA) is 88.9 Å². The van der Waals surface area contributed by atoms with Crippen molar-refractivity contribution in [1.29, 1.82) is 5.26 Å². The molecule has 7 heteroatoms. The molecule has 3 rings (SSSR count). The van der Waals surface area contributed by atoms with E-state index in [9.17, 15) is 10.1 Å². The second-order valence-corrected chi connectivity index (χ2v) is 5.96. The van der Waals surface area contributed by atoms with Crippen LogP contribution < -0.4 is 4.90 Å². The zero-order valence-electron chi connectivity index (χ0n) is 14.8. The molecule has 130 valence electrons. The van der Waals surface area contributed by atoms with Gasteiger partial charge in [-0.2, -0.15) is 5.26 Å². The quantitative estimate of drug-likeness (QED) is 0.579. The Morgan fingerprint density at radius 3 is 2.54 bits per heavy atom. The summed E-state index contributed by atoms with van der Waals surface area (Å²) in [7, 11) is 5.17. The Morgan fingerprint density at radius 2 is 1.88 bits per heavy atom. The van der Waals surface area contributed by atoms with Crippen molar-refractivity contribution in [3.05, 3.63) is 54.0 Å². The second kappa shape index (κ2) is 7.07. The Labute approximate surface area is 151 Å². The number of anilines is 2. The molecular weight excluding hydrogens is 328 g/mol. The molecule has 0 atom stereocenters. The molecule has 0 unspecified atom stereocenters. The zero-order chi connectivity index (χ0) is 18.7. The summed E-state index contributed by atoms with van der Waals surface area (Å²) in [6.07, 6.45) is 4.94. The minimum atomic E-state index is -0.315. The number of hydrogen-bond donors (Lipinski definition) is 1. The van der Waals surface area contributed by atoms with Gasteiger partial charge in [-0.25, -0.2) is 9.97 Å². The van der Waals surface area contributed by atoms with E-state index in [-0.39, 0.29) is 11.5 Å². The highest BCUT2D eigenvalue weighted by atomic mass is 16.2. The van der Waals surface area contributed by atoms with E-state index in [4.69, 9.17) is 0 Å². The maximum atomic E-state index is 11.9. The summed E-state index contributed by atoms with van der Waals surface area (Å²) in [6, 6.07) is 11.4. The fraction of sp³-hybridized carbons (Fsp3) is 0.158. The van der Waals surface area contributed by atoms with E-state index >= 15 is 0 Å². The van der Waals surface area contributed by atoms with Gasteiger partial charge in [0.05, 0.1) is 5.39 Å². The zero-order valence-corrected chi connectivity index (χ0v) is 14.8. The van der Waals surface area contributed by atoms with Gasteiger partial charge in [-0.05, 0) is 29.8 Å². The smallest absolute Gasteiger partial charge is 0.264 e. The minimum absolute atomic E-state index is 0.0981. The number of hydrogen-bond acceptors (Lipinski definition) is 5. The monoisotopic (exact) mass is 346 g/mol. The van der Waals surface area contributed by atoms with Gasteiger partial charge in [0, 0.05) is 33.0 Å². The number of aromatic nitrogens is 3. The van der Waals surface area contributed by atoms with Crippen LogP contribution in [0, 0.1) is 11.3 Å². The molecule has 0 radical (unpaired) electrons. The molecule has 1 amide bonds. The number of benzene rings is 1. The van der Waals surface area contributed by atoms with Gasteiger partial charge in [0.25, 0.3) is 5.91 Å².